The van der Waals surface area contributed by atoms with Crippen LogP contribution in [0.1, 0.15) is 115 Å². The van der Waals surface area contributed by atoms with Crippen molar-refractivity contribution in [3.8, 4) is 0 Å². The lowest BCUT2D eigenvalue weighted by Gasteiger charge is -2.45. The Kier molecular flexibility index (Phi) is 8.09. The van der Waals surface area contributed by atoms with Crippen LogP contribution < -0.4 is 0 Å². The summed E-state index contributed by atoms with van der Waals surface area (Å²) in [5.41, 5.74) is 1.15. The van der Waals surface area contributed by atoms with Gasteiger partial charge in [0.15, 0.2) is 17.5 Å². The molecule has 5 rings (SSSR count). The van der Waals surface area contributed by atoms with Gasteiger partial charge in [0.05, 0.1) is 0 Å². The van der Waals surface area contributed by atoms with Crippen LogP contribution in [0.15, 0.2) is 24.3 Å². The highest BCUT2D eigenvalue weighted by molar-refractivity contribution is 5.84. The first-order valence-electron chi connectivity index (χ1n) is 14.6. The zero-order valence-electron chi connectivity index (χ0n) is 21.5. The van der Waals surface area contributed by atoms with E-state index in [9.17, 15) is 13.2 Å². The molecule has 0 aromatic heterocycles. The topological polar surface area (TPSA) is 0 Å². The molecule has 0 nitrogen and oxygen atoms in total. The van der Waals surface area contributed by atoms with Gasteiger partial charge in [-0.25, -0.2) is 13.2 Å². The van der Waals surface area contributed by atoms with Gasteiger partial charge < -0.3 is 0 Å². The average Bonchev–Trinajstić information content (AvgIpc) is 2.89. The standard InChI is InChI=1S/C32H43F3/c1-2-3-4-5-6-21-7-8-27-18-25(14-13-24(27)17-21)22-9-11-23(12-10-22)26-15-16-29-28(19-26)20-30(33)32(35)31(29)34/h15-16,19-25,27H,2-14,17-18H2,1H3. The molecule has 0 radical (unpaired) electrons. The zero-order valence-corrected chi connectivity index (χ0v) is 21.5. The summed E-state index contributed by atoms with van der Waals surface area (Å²) in [5.74, 6) is 1.63. The van der Waals surface area contributed by atoms with E-state index in [1.165, 1.54) is 83.5 Å². The van der Waals surface area contributed by atoms with Crippen molar-refractivity contribution in [3.63, 3.8) is 0 Å². The molecule has 0 N–H and O–H groups in total. The second kappa shape index (κ2) is 11.3. The lowest BCUT2D eigenvalue weighted by atomic mass is 9.60. The summed E-state index contributed by atoms with van der Waals surface area (Å²) in [7, 11) is 0. The molecular weight excluding hydrogens is 441 g/mol. The zero-order chi connectivity index (χ0) is 24.4. The van der Waals surface area contributed by atoms with E-state index in [1.807, 2.05) is 12.1 Å². The number of fused-ring (bicyclic) bond motifs is 2. The van der Waals surface area contributed by atoms with Gasteiger partial charge in [0.25, 0.3) is 0 Å². The van der Waals surface area contributed by atoms with E-state index in [0.29, 0.717) is 11.3 Å². The highest BCUT2D eigenvalue weighted by Gasteiger charge is 2.38. The van der Waals surface area contributed by atoms with E-state index < -0.39 is 17.5 Å². The average molecular weight is 485 g/mol. The minimum atomic E-state index is -1.37. The van der Waals surface area contributed by atoms with Crippen LogP contribution in [-0.4, -0.2) is 0 Å². The third-order valence-corrected chi connectivity index (χ3v) is 10.1. The quantitative estimate of drug-likeness (QED) is 0.271. The fraction of sp³-hybridized carbons (Fsp3) is 0.688. The minimum Gasteiger partial charge on any atom is -0.204 e. The summed E-state index contributed by atoms with van der Waals surface area (Å²) in [6.07, 6.45) is 20.7. The minimum absolute atomic E-state index is 0.175. The first-order chi connectivity index (χ1) is 17.0. The molecule has 0 aliphatic heterocycles. The van der Waals surface area contributed by atoms with Crippen molar-refractivity contribution in [2.45, 2.75) is 109 Å². The molecule has 3 aliphatic carbocycles. The Morgan fingerprint density at radius 3 is 2.14 bits per heavy atom. The normalized spacial score (nSPS) is 31.4. The predicted molar refractivity (Wildman–Crippen MR) is 139 cm³/mol. The van der Waals surface area contributed by atoms with Gasteiger partial charge in [-0.3, -0.25) is 0 Å². The van der Waals surface area contributed by atoms with Gasteiger partial charge in [-0.15, -0.1) is 0 Å². The number of hydrogen-bond donors (Lipinski definition) is 0. The second-order valence-electron chi connectivity index (χ2n) is 12.2. The molecule has 3 fully saturated rings. The van der Waals surface area contributed by atoms with Crippen molar-refractivity contribution < 1.29 is 13.2 Å². The molecule has 2 aromatic rings. The van der Waals surface area contributed by atoms with Gasteiger partial charge in [-0.05, 0) is 110 Å². The molecule has 35 heavy (non-hydrogen) atoms. The molecule has 0 bridgehead atoms. The molecule has 3 heteroatoms. The summed E-state index contributed by atoms with van der Waals surface area (Å²) in [6.45, 7) is 2.30. The van der Waals surface area contributed by atoms with Gasteiger partial charge in [-0.1, -0.05) is 63.6 Å². The third kappa shape index (κ3) is 5.59. The van der Waals surface area contributed by atoms with Gasteiger partial charge in [0, 0.05) is 5.39 Å². The SMILES string of the molecule is CCCCCCC1CCC2CC(C3CCC(c4ccc5c(F)c(F)c(F)cc5c4)CC3)CCC2C1. The molecule has 0 saturated heterocycles. The molecule has 0 heterocycles. The monoisotopic (exact) mass is 484 g/mol. The maximum atomic E-state index is 14.1. The Balaban J connectivity index is 1.12. The van der Waals surface area contributed by atoms with Crippen molar-refractivity contribution in [3.05, 3.63) is 47.3 Å². The summed E-state index contributed by atoms with van der Waals surface area (Å²) >= 11 is 0. The van der Waals surface area contributed by atoms with Crippen LogP contribution in [0.2, 0.25) is 0 Å². The Morgan fingerprint density at radius 2 is 1.37 bits per heavy atom. The van der Waals surface area contributed by atoms with Gasteiger partial charge in [0.2, 0.25) is 0 Å². The van der Waals surface area contributed by atoms with Crippen LogP contribution in [-0.2, 0) is 0 Å². The molecule has 0 spiro atoms. The molecule has 192 valence electrons. The third-order valence-electron chi connectivity index (χ3n) is 10.1. The number of benzene rings is 2. The number of unbranched alkanes of at least 4 members (excludes halogenated alkanes) is 3. The fourth-order valence-corrected chi connectivity index (χ4v) is 8.07. The van der Waals surface area contributed by atoms with Crippen molar-refractivity contribution in [1.82, 2.24) is 0 Å². The van der Waals surface area contributed by atoms with Crippen LogP contribution in [0.3, 0.4) is 0 Å². The lowest BCUT2D eigenvalue weighted by molar-refractivity contribution is 0.0613. The highest BCUT2D eigenvalue weighted by atomic mass is 19.2. The Bertz CT molecular complexity index is 990. The summed E-state index contributed by atoms with van der Waals surface area (Å²) < 4.78 is 41.4. The molecule has 3 aliphatic rings. The lowest BCUT2D eigenvalue weighted by Crippen LogP contribution is -2.34. The van der Waals surface area contributed by atoms with E-state index in [0.717, 1.165) is 54.1 Å². The predicted octanol–water partition coefficient (Wildman–Crippen LogP) is 10.3. The van der Waals surface area contributed by atoms with Crippen LogP contribution in [0.4, 0.5) is 13.2 Å². The summed E-state index contributed by atoms with van der Waals surface area (Å²) in [4.78, 5) is 0. The van der Waals surface area contributed by atoms with Crippen molar-refractivity contribution in [1.29, 1.82) is 0 Å². The summed E-state index contributed by atoms with van der Waals surface area (Å²) in [5, 5.41) is 0.647. The van der Waals surface area contributed by atoms with Gasteiger partial charge in [0.1, 0.15) is 0 Å². The van der Waals surface area contributed by atoms with E-state index >= 15 is 0 Å². The molecule has 0 amide bonds. The van der Waals surface area contributed by atoms with Crippen molar-refractivity contribution >= 4 is 10.8 Å². The van der Waals surface area contributed by atoms with Gasteiger partial charge >= 0.3 is 0 Å². The largest absolute Gasteiger partial charge is 0.204 e. The Morgan fingerprint density at radius 1 is 0.686 bits per heavy atom. The van der Waals surface area contributed by atoms with Crippen LogP contribution in [0.25, 0.3) is 10.8 Å². The number of halogens is 3. The Hall–Kier alpha value is -1.51. The Labute approximate surface area is 210 Å². The van der Waals surface area contributed by atoms with Gasteiger partial charge in [-0.2, -0.15) is 0 Å². The smallest absolute Gasteiger partial charge is 0.195 e. The van der Waals surface area contributed by atoms with Crippen LogP contribution >= 0.6 is 0 Å². The van der Waals surface area contributed by atoms with E-state index in [4.69, 9.17) is 0 Å². The molecule has 2 aromatic carbocycles. The molecule has 3 saturated carbocycles. The first-order valence-corrected chi connectivity index (χ1v) is 14.6. The highest BCUT2D eigenvalue weighted by Crippen LogP contribution is 2.50. The van der Waals surface area contributed by atoms with E-state index in [-0.39, 0.29) is 5.39 Å². The molecule has 4 unspecified atom stereocenters. The fourth-order valence-electron chi connectivity index (χ4n) is 8.07. The first kappa shape index (κ1) is 25.2. The molecule has 4 atom stereocenters. The number of rotatable bonds is 7. The maximum absolute atomic E-state index is 14.1. The van der Waals surface area contributed by atoms with E-state index in [1.54, 1.807) is 6.07 Å². The van der Waals surface area contributed by atoms with Crippen LogP contribution in [0.5, 0.6) is 0 Å². The van der Waals surface area contributed by atoms with E-state index in [2.05, 4.69) is 6.92 Å². The summed E-state index contributed by atoms with van der Waals surface area (Å²) in [6, 6.07) is 6.59. The van der Waals surface area contributed by atoms with Crippen LogP contribution in [0, 0.1) is 47.0 Å². The van der Waals surface area contributed by atoms with Crippen molar-refractivity contribution in [2.24, 2.45) is 29.6 Å². The molecular formula is C32H43F3. The van der Waals surface area contributed by atoms with Crippen molar-refractivity contribution in [2.75, 3.05) is 0 Å². The number of hydrogen-bond acceptors (Lipinski definition) is 0. The second-order valence-corrected chi connectivity index (χ2v) is 12.2. The maximum Gasteiger partial charge on any atom is 0.195 e.